The molecule has 0 spiro atoms. The van der Waals surface area contributed by atoms with Crippen molar-refractivity contribution in [2.45, 2.75) is 62.8 Å². The van der Waals surface area contributed by atoms with Gasteiger partial charge >= 0.3 is 0 Å². The Hall–Kier alpha value is -2.72. The summed E-state index contributed by atoms with van der Waals surface area (Å²) in [7, 11) is -3.28. The second-order valence-corrected chi connectivity index (χ2v) is 12.2. The van der Waals surface area contributed by atoms with Gasteiger partial charge in [-0.05, 0) is 51.7 Å². The van der Waals surface area contributed by atoms with Gasteiger partial charge in [0.2, 0.25) is 16.0 Å². The van der Waals surface area contributed by atoms with Crippen LogP contribution in [0.4, 0.5) is 11.8 Å². The number of fused-ring (bicyclic) bond motifs is 4. The van der Waals surface area contributed by atoms with Crippen molar-refractivity contribution in [3.63, 3.8) is 0 Å². The van der Waals surface area contributed by atoms with E-state index in [0.717, 1.165) is 35.0 Å². The van der Waals surface area contributed by atoms with E-state index in [1.807, 2.05) is 18.2 Å². The normalized spacial score (nSPS) is 23.7. The van der Waals surface area contributed by atoms with Gasteiger partial charge in [-0.15, -0.1) is 0 Å². The number of hydrogen-bond acceptors (Lipinski definition) is 7. The van der Waals surface area contributed by atoms with Crippen LogP contribution in [0.5, 0.6) is 0 Å². The minimum atomic E-state index is -3.28. The fraction of sp³-hybridized carbons (Fsp3) is 0.522. The van der Waals surface area contributed by atoms with Gasteiger partial charge in [0.1, 0.15) is 5.82 Å². The van der Waals surface area contributed by atoms with Crippen molar-refractivity contribution >= 4 is 32.7 Å². The summed E-state index contributed by atoms with van der Waals surface area (Å²) >= 11 is 0. The van der Waals surface area contributed by atoms with Crippen LogP contribution in [-0.4, -0.2) is 63.3 Å². The van der Waals surface area contributed by atoms with E-state index < -0.39 is 15.3 Å². The Balaban J connectivity index is 1.34. The van der Waals surface area contributed by atoms with Gasteiger partial charge in [0.05, 0.1) is 21.8 Å². The van der Waals surface area contributed by atoms with Crippen molar-refractivity contribution in [3.8, 4) is 11.3 Å². The fourth-order valence-corrected chi connectivity index (χ4v) is 6.75. The highest BCUT2D eigenvalue weighted by Gasteiger charge is 2.45. The number of piperazine rings is 1. The number of aromatic nitrogens is 4. The zero-order valence-electron chi connectivity index (χ0n) is 18.9. The summed E-state index contributed by atoms with van der Waals surface area (Å²) in [6.07, 6.45) is 4.20. The maximum absolute atomic E-state index is 12.8. The molecule has 3 saturated heterocycles. The Morgan fingerprint density at radius 3 is 2.58 bits per heavy atom. The summed E-state index contributed by atoms with van der Waals surface area (Å²) in [5.74, 6) is 1.60. The van der Waals surface area contributed by atoms with E-state index in [1.165, 1.54) is 18.5 Å². The van der Waals surface area contributed by atoms with E-state index in [2.05, 4.69) is 21.2 Å². The molecule has 4 aliphatic rings. The fourth-order valence-electron chi connectivity index (χ4n) is 5.24. The molecule has 2 unspecified atom stereocenters. The molecule has 0 amide bonds. The van der Waals surface area contributed by atoms with Crippen molar-refractivity contribution < 1.29 is 8.42 Å². The number of piperidine rings is 2. The van der Waals surface area contributed by atoms with Gasteiger partial charge in [0.15, 0.2) is 0 Å². The van der Waals surface area contributed by atoms with Crippen LogP contribution < -0.4 is 10.6 Å². The molecular weight excluding hydrogens is 438 g/mol. The van der Waals surface area contributed by atoms with E-state index >= 15 is 0 Å². The van der Waals surface area contributed by atoms with Gasteiger partial charge in [-0.3, -0.25) is 5.10 Å². The lowest BCUT2D eigenvalue weighted by Gasteiger charge is -2.51. The Morgan fingerprint density at radius 2 is 1.88 bits per heavy atom. The Bertz CT molecular complexity index is 1330. The molecule has 3 aliphatic heterocycles. The van der Waals surface area contributed by atoms with Crippen molar-refractivity contribution in [1.29, 1.82) is 0 Å². The van der Waals surface area contributed by atoms with Gasteiger partial charge in [0.25, 0.3) is 0 Å². The van der Waals surface area contributed by atoms with Crippen LogP contribution in [0.1, 0.15) is 51.1 Å². The molecule has 4 fully saturated rings. The van der Waals surface area contributed by atoms with E-state index in [9.17, 15) is 8.42 Å². The highest BCUT2D eigenvalue weighted by Crippen LogP contribution is 2.41. The molecule has 1 aromatic carbocycles. The van der Waals surface area contributed by atoms with Crippen LogP contribution >= 0.6 is 0 Å². The highest BCUT2D eigenvalue weighted by molar-refractivity contribution is 7.89. The molecule has 2 atom stereocenters. The Labute approximate surface area is 193 Å². The number of nitrogens with one attached hydrogen (secondary N) is 1. The number of rotatable bonds is 5. The molecule has 9 nitrogen and oxygen atoms in total. The number of nitrogens with zero attached hydrogens (tertiary/aromatic N) is 5. The monoisotopic (exact) mass is 467 g/mol. The minimum absolute atomic E-state index is 0.0519. The molecule has 3 aromatic rings. The van der Waals surface area contributed by atoms with Crippen molar-refractivity contribution in [2.75, 3.05) is 23.7 Å². The Kier molecular flexibility index (Phi) is 4.67. The van der Waals surface area contributed by atoms with E-state index in [0.29, 0.717) is 30.8 Å². The van der Waals surface area contributed by atoms with Crippen LogP contribution in [0, 0.1) is 0 Å². The summed E-state index contributed by atoms with van der Waals surface area (Å²) in [5.41, 5.74) is 10.2. The first kappa shape index (κ1) is 20.9. The summed E-state index contributed by atoms with van der Waals surface area (Å²) in [6, 6.07) is 8.03. The Morgan fingerprint density at radius 1 is 1.09 bits per heavy atom. The van der Waals surface area contributed by atoms with Crippen LogP contribution in [-0.2, 0) is 10.0 Å². The molecule has 5 heterocycles. The number of benzene rings is 1. The lowest BCUT2D eigenvalue weighted by Crippen LogP contribution is -2.65. The number of nitrogens with two attached hydrogens (primary N) is 1. The second kappa shape index (κ2) is 7.39. The lowest BCUT2D eigenvalue weighted by atomic mass is 9.93. The number of hydrogen-bond donors (Lipinski definition) is 2. The highest BCUT2D eigenvalue weighted by atomic mass is 32.2. The van der Waals surface area contributed by atoms with E-state index in [1.54, 1.807) is 18.2 Å². The zero-order valence-corrected chi connectivity index (χ0v) is 19.7. The van der Waals surface area contributed by atoms with Crippen LogP contribution in [0.2, 0.25) is 0 Å². The molecule has 3 N–H and O–H groups in total. The van der Waals surface area contributed by atoms with Gasteiger partial charge in [-0.25, -0.2) is 13.4 Å². The van der Waals surface area contributed by atoms with Crippen molar-refractivity contribution in [1.82, 2.24) is 24.5 Å². The first-order chi connectivity index (χ1) is 15.8. The molecule has 0 radical (unpaired) electrons. The van der Waals surface area contributed by atoms with Crippen LogP contribution in [0.25, 0.3) is 22.2 Å². The summed E-state index contributed by atoms with van der Waals surface area (Å²) in [6.45, 7) is 4.55. The molecule has 33 heavy (non-hydrogen) atoms. The maximum Gasteiger partial charge on any atom is 0.228 e. The topological polar surface area (TPSA) is 121 Å². The summed E-state index contributed by atoms with van der Waals surface area (Å²) < 4.78 is 27.3. The predicted octanol–water partition coefficient (Wildman–Crippen LogP) is 2.87. The molecule has 1 saturated carbocycles. The predicted molar refractivity (Wildman–Crippen MR) is 128 cm³/mol. The second-order valence-electron chi connectivity index (χ2n) is 9.79. The minimum Gasteiger partial charge on any atom is -0.383 e. The van der Waals surface area contributed by atoms with Crippen molar-refractivity contribution in [3.05, 3.63) is 30.0 Å². The molecule has 2 aromatic heterocycles. The summed E-state index contributed by atoms with van der Waals surface area (Å²) in [4.78, 5) is 11.7. The first-order valence-corrected chi connectivity index (χ1v) is 13.2. The summed E-state index contributed by atoms with van der Waals surface area (Å²) in [5, 5.41) is 8.07. The average molecular weight is 468 g/mol. The molecule has 1 aliphatic carbocycles. The molecule has 10 heteroatoms. The standard InChI is InChI=1S/C23H29N7O2S/c1-13(2)33(31,32)30-12-15-8-9-16(30)11-29(15)23-25-18-5-3-4-17(21(18)22(24)26-23)20-10-19(27-28-20)14-6-7-14/h3-5,10,13-16H,6-9,11-12H2,1-2H3,(H,27,28)(H2,24,25,26). The first-order valence-electron chi connectivity index (χ1n) is 11.7. The van der Waals surface area contributed by atoms with Crippen LogP contribution in [0.15, 0.2) is 24.3 Å². The van der Waals surface area contributed by atoms with E-state index in [-0.39, 0.29) is 12.1 Å². The third-order valence-corrected chi connectivity index (χ3v) is 9.58. The number of anilines is 2. The number of nitrogen functional groups attached to an aromatic ring is 1. The third kappa shape index (κ3) is 3.38. The largest absolute Gasteiger partial charge is 0.383 e. The van der Waals surface area contributed by atoms with E-state index in [4.69, 9.17) is 15.7 Å². The van der Waals surface area contributed by atoms with Crippen molar-refractivity contribution in [2.24, 2.45) is 0 Å². The van der Waals surface area contributed by atoms with Gasteiger partial charge in [-0.1, -0.05) is 12.1 Å². The quantitative estimate of drug-likeness (QED) is 0.592. The number of aromatic amines is 1. The smallest absolute Gasteiger partial charge is 0.228 e. The average Bonchev–Trinajstić information content (AvgIpc) is 3.55. The maximum atomic E-state index is 12.8. The number of H-pyrrole nitrogens is 1. The molecule has 7 rings (SSSR count). The van der Waals surface area contributed by atoms with Gasteiger partial charge in [0, 0.05) is 42.3 Å². The number of sulfonamides is 1. The third-order valence-electron chi connectivity index (χ3n) is 7.29. The molecular formula is C23H29N7O2S. The van der Waals surface area contributed by atoms with Gasteiger partial charge in [-0.2, -0.15) is 14.4 Å². The van der Waals surface area contributed by atoms with Gasteiger partial charge < -0.3 is 10.6 Å². The SMILES string of the molecule is CC(C)S(=O)(=O)N1CC2CCC1CN2c1nc(N)c2c(-c3cc(C4CC4)[nH]n3)cccc2n1. The van der Waals surface area contributed by atoms with Crippen LogP contribution in [0.3, 0.4) is 0 Å². The molecule has 2 bridgehead atoms. The molecule has 174 valence electrons. The lowest BCUT2D eigenvalue weighted by molar-refractivity contribution is 0.177. The zero-order chi connectivity index (χ0) is 22.9.